The number of piperidine rings is 1. The van der Waals surface area contributed by atoms with Crippen LogP contribution in [0.3, 0.4) is 0 Å². The molecule has 0 saturated carbocycles. The van der Waals surface area contributed by atoms with Crippen LogP contribution in [0, 0.1) is 17.2 Å². The summed E-state index contributed by atoms with van der Waals surface area (Å²) < 4.78 is 37.4. The molecule has 1 N–H and O–H groups in total. The van der Waals surface area contributed by atoms with Gasteiger partial charge in [-0.2, -0.15) is 9.57 Å². The monoisotopic (exact) mass is 499 g/mol. The third-order valence-electron chi connectivity index (χ3n) is 5.64. The molecule has 1 aliphatic heterocycles. The van der Waals surface area contributed by atoms with Gasteiger partial charge in [-0.15, -0.1) is 0 Å². The number of ether oxygens (including phenoxy) is 2. The normalized spacial score (nSPS) is 15.5. The molecule has 1 fully saturated rings. The van der Waals surface area contributed by atoms with Gasteiger partial charge in [-0.3, -0.25) is 9.59 Å². The molecule has 1 unspecified atom stereocenters. The lowest BCUT2D eigenvalue weighted by atomic mass is 9.98. The minimum absolute atomic E-state index is 0.0568. The number of rotatable bonds is 7. The molecule has 0 radical (unpaired) electrons. The Bertz CT molecular complexity index is 1240. The van der Waals surface area contributed by atoms with Gasteiger partial charge in [0.25, 0.3) is 5.91 Å². The fraction of sp³-hybridized carbons (Fsp3) is 0.333. The first-order valence-electron chi connectivity index (χ1n) is 10.9. The number of benzene rings is 2. The van der Waals surface area contributed by atoms with Gasteiger partial charge in [-0.25, -0.2) is 13.2 Å². The third-order valence-corrected chi connectivity index (χ3v) is 7.60. The number of nitriles is 1. The van der Waals surface area contributed by atoms with E-state index in [0.29, 0.717) is 11.3 Å². The summed E-state index contributed by atoms with van der Waals surface area (Å²) in [5.41, 5.74) is 0.853. The van der Waals surface area contributed by atoms with Gasteiger partial charge in [0.2, 0.25) is 10.0 Å². The van der Waals surface area contributed by atoms with Crippen molar-refractivity contribution in [2.24, 2.45) is 5.92 Å². The lowest BCUT2D eigenvalue weighted by Gasteiger charge is -2.31. The zero-order valence-corrected chi connectivity index (χ0v) is 20.1. The quantitative estimate of drug-likeness (QED) is 0.572. The maximum absolute atomic E-state index is 13.1. The van der Waals surface area contributed by atoms with Crippen LogP contribution in [0.25, 0.3) is 0 Å². The molecule has 3 rings (SSSR count). The second-order valence-corrected chi connectivity index (χ2v) is 9.83. The number of sulfonamides is 1. The Morgan fingerprint density at radius 1 is 1.09 bits per heavy atom. The van der Waals surface area contributed by atoms with Crippen molar-refractivity contribution >= 4 is 33.6 Å². The Balaban J connectivity index is 1.57. The molecule has 35 heavy (non-hydrogen) atoms. The summed E-state index contributed by atoms with van der Waals surface area (Å²) in [5, 5.41) is 11.4. The van der Waals surface area contributed by atoms with E-state index in [9.17, 15) is 22.8 Å². The van der Waals surface area contributed by atoms with Gasteiger partial charge in [0, 0.05) is 18.8 Å². The van der Waals surface area contributed by atoms with Crippen LogP contribution in [0.4, 0.5) is 5.69 Å². The number of esters is 2. The maximum atomic E-state index is 13.1. The standard InChI is InChI=1S/C24H25N3O7S/c1-16(22(28)26-19-9-7-17(15-25)8-10-19)34-23(29)18-11-13-27(14-12-18)35(31,32)21-6-4-3-5-20(21)24(30)33-2/h3-10,16,18H,11-14H2,1-2H3,(H,26,28). The first-order chi connectivity index (χ1) is 16.7. The smallest absolute Gasteiger partial charge is 0.339 e. The Hall–Kier alpha value is -3.75. The SMILES string of the molecule is COC(=O)c1ccccc1S(=O)(=O)N1CCC(C(=O)OC(C)C(=O)Nc2ccc(C#N)cc2)CC1. The van der Waals surface area contributed by atoms with E-state index in [1.807, 2.05) is 6.07 Å². The highest BCUT2D eigenvalue weighted by molar-refractivity contribution is 7.89. The second kappa shape index (κ2) is 11.1. The number of carbonyl (C=O) groups is 3. The van der Waals surface area contributed by atoms with E-state index in [2.05, 4.69) is 10.1 Å². The highest BCUT2D eigenvalue weighted by Gasteiger charge is 2.35. The lowest BCUT2D eigenvalue weighted by molar-refractivity contribution is -0.158. The largest absolute Gasteiger partial charge is 0.465 e. The fourth-order valence-electron chi connectivity index (χ4n) is 3.64. The minimum atomic E-state index is -3.98. The molecule has 1 atom stereocenters. The van der Waals surface area contributed by atoms with E-state index in [4.69, 9.17) is 10.00 Å². The van der Waals surface area contributed by atoms with Crippen LogP contribution in [0.15, 0.2) is 53.4 Å². The summed E-state index contributed by atoms with van der Waals surface area (Å²) in [5.74, 6) is -2.43. The molecule has 1 saturated heterocycles. The van der Waals surface area contributed by atoms with Gasteiger partial charge < -0.3 is 14.8 Å². The van der Waals surface area contributed by atoms with Crippen LogP contribution in [0.5, 0.6) is 0 Å². The summed E-state index contributed by atoms with van der Waals surface area (Å²) in [6.07, 6.45) is -0.642. The summed E-state index contributed by atoms with van der Waals surface area (Å²) in [7, 11) is -2.80. The summed E-state index contributed by atoms with van der Waals surface area (Å²) in [4.78, 5) is 36.8. The second-order valence-electron chi connectivity index (χ2n) is 7.92. The van der Waals surface area contributed by atoms with Crippen molar-refractivity contribution in [1.29, 1.82) is 5.26 Å². The van der Waals surface area contributed by atoms with Crippen LogP contribution in [0.1, 0.15) is 35.7 Å². The molecule has 2 aromatic rings. The highest BCUT2D eigenvalue weighted by atomic mass is 32.2. The molecular weight excluding hydrogens is 474 g/mol. The number of hydrogen-bond donors (Lipinski definition) is 1. The number of methoxy groups -OCH3 is 1. The zero-order chi connectivity index (χ0) is 25.6. The van der Waals surface area contributed by atoms with E-state index in [1.54, 1.807) is 30.3 Å². The number of nitrogens with one attached hydrogen (secondary N) is 1. The van der Waals surface area contributed by atoms with Crippen LogP contribution >= 0.6 is 0 Å². The van der Waals surface area contributed by atoms with Gasteiger partial charge in [-0.1, -0.05) is 12.1 Å². The molecule has 10 nitrogen and oxygen atoms in total. The molecule has 2 aromatic carbocycles. The van der Waals surface area contributed by atoms with Crippen molar-refractivity contribution < 1.29 is 32.3 Å². The molecule has 11 heteroatoms. The molecule has 1 aliphatic rings. The predicted octanol–water partition coefficient (Wildman–Crippen LogP) is 2.32. The van der Waals surface area contributed by atoms with Gasteiger partial charge in [0.1, 0.15) is 0 Å². The topological polar surface area (TPSA) is 143 Å². The Kier molecular flexibility index (Phi) is 8.22. The van der Waals surface area contributed by atoms with Crippen LogP contribution in [-0.2, 0) is 29.1 Å². The number of carbonyl (C=O) groups excluding carboxylic acids is 3. The first-order valence-corrected chi connectivity index (χ1v) is 12.3. The maximum Gasteiger partial charge on any atom is 0.339 e. The average molecular weight is 500 g/mol. The minimum Gasteiger partial charge on any atom is -0.465 e. The van der Waals surface area contributed by atoms with Crippen LogP contribution in [-0.4, -0.2) is 56.9 Å². The third kappa shape index (κ3) is 6.03. The highest BCUT2D eigenvalue weighted by Crippen LogP contribution is 2.27. The molecule has 0 aliphatic carbocycles. The van der Waals surface area contributed by atoms with Crippen molar-refractivity contribution in [3.63, 3.8) is 0 Å². The number of amides is 1. The van der Waals surface area contributed by atoms with E-state index in [0.717, 1.165) is 0 Å². The molecule has 184 valence electrons. The van der Waals surface area contributed by atoms with Gasteiger partial charge in [-0.05, 0) is 56.2 Å². The van der Waals surface area contributed by atoms with Crippen LogP contribution < -0.4 is 5.32 Å². The summed E-state index contributed by atoms with van der Waals surface area (Å²) >= 11 is 0. The van der Waals surface area contributed by atoms with Crippen molar-refractivity contribution in [2.45, 2.75) is 30.8 Å². The van der Waals surface area contributed by atoms with Crippen molar-refractivity contribution in [3.05, 3.63) is 59.7 Å². The summed E-state index contributed by atoms with van der Waals surface area (Å²) in [6, 6.07) is 14.0. The number of anilines is 1. The number of nitrogens with zero attached hydrogens (tertiary/aromatic N) is 2. The van der Waals surface area contributed by atoms with E-state index in [-0.39, 0.29) is 36.4 Å². The predicted molar refractivity (Wildman–Crippen MR) is 125 cm³/mol. The van der Waals surface area contributed by atoms with Crippen LogP contribution in [0.2, 0.25) is 0 Å². The molecule has 1 heterocycles. The van der Waals surface area contributed by atoms with E-state index < -0.39 is 39.9 Å². The molecular formula is C24H25N3O7S. The fourth-order valence-corrected chi connectivity index (χ4v) is 5.29. The Morgan fingerprint density at radius 3 is 2.31 bits per heavy atom. The molecule has 0 spiro atoms. The van der Waals surface area contributed by atoms with E-state index >= 15 is 0 Å². The zero-order valence-electron chi connectivity index (χ0n) is 19.3. The summed E-state index contributed by atoms with van der Waals surface area (Å²) in [6.45, 7) is 1.56. The number of hydrogen-bond acceptors (Lipinski definition) is 8. The Labute approximate surface area is 203 Å². The molecule has 0 aromatic heterocycles. The van der Waals surface area contributed by atoms with Crippen molar-refractivity contribution in [3.8, 4) is 6.07 Å². The van der Waals surface area contributed by atoms with Crippen molar-refractivity contribution in [1.82, 2.24) is 4.31 Å². The Morgan fingerprint density at radius 2 is 1.71 bits per heavy atom. The van der Waals surface area contributed by atoms with Gasteiger partial charge >= 0.3 is 11.9 Å². The first kappa shape index (κ1) is 25.9. The molecule has 1 amide bonds. The van der Waals surface area contributed by atoms with E-state index in [1.165, 1.54) is 36.5 Å². The molecule has 0 bridgehead atoms. The van der Waals surface area contributed by atoms with Gasteiger partial charge in [0.15, 0.2) is 6.10 Å². The van der Waals surface area contributed by atoms with Crippen molar-refractivity contribution in [2.75, 3.05) is 25.5 Å². The lowest BCUT2D eigenvalue weighted by Crippen LogP contribution is -2.42. The van der Waals surface area contributed by atoms with Gasteiger partial charge in [0.05, 0.1) is 35.1 Å². The average Bonchev–Trinajstić information content (AvgIpc) is 2.88.